The van der Waals surface area contributed by atoms with E-state index in [9.17, 15) is 4.79 Å². The van der Waals surface area contributed by atoms with E-state index in [0.29, 0.717) is 17.0 Å². The third kappa shape index (κ3) is 3.41. The minimum Gasteiger partial charge on any atom is -0.497 e. The summed E-state index contributed by atoms with van der Waals surface area (Å²) in [5.41, 5.74) is 4.59. The van der Waals surface area contributed by atoms with Gasteiger partial charge in [-0.25, -0.2) is 5.43 Å². The van der Waals surface area contributed by atoms with Crippen LogP contribution in [0.4, 0.5) is 0 Å². The summed E-state index contributed by atoms with van der Waals surface area (Å²) in [6, 6.07) is 10.5. The first kappa shape index (κ1) is 13.7. The molecule has 0 saturated heterocycles. The average molecular weight is 269 g/mol. The Morgan fingerprint density at radius 2 is 1.95 bits per heavy atom. The van der Waals surface area contributed by atoms with Gasteiger partial charge in [0.05, 0.1) is 12.8 Å². The molecule has 1 amide bonds. The molecule has 1 heterocycles. The highest BCUT2D eigenvalue weighted by molar-refractivity contribution is 6.00. The molecule has 0 aliphatic rings. The first-order valence-corrected chi connectivity index (χ1v) is 6.10. The van der Waals surface area contributed by atoms with Crippen molar-refractivity contribution in [2.45, 2.75) is 6.92 Å². The summed E-state index contributed by atoms with van der Waals surface area (Å²) in [6.45, 7) is 1.81. The predicted molar refractivity (Wildman–Crippen MR) is 76.9 cm³/mol. The van der Waals surface area contributed by atoms with Crippen molar-refractivity contribution in [2.24, 2.45) is 5.10 Å². The van der Waals surface area contributed by atoms with Gasteiger partial charge in [-0.05, 0) is 37.3 Å². The van der Waals surface area contributed by atoms with Gasteiger partial charge >= 0.3 is 0 Å². The Hall–Kier alpha value is -2.69. The number of hydrogen-bond donors (Lipinski definition) is 1. The second kappa shape index (κ2) is 6.47. The molecule has 0 aliphatic carbocycles. The average Bonchev–Trinajstić information content (AvgIpc) is 2.53. The third-order valence-corrected chi connectivity index (χ3v) is 2.76. The molecule has 0 atom stereocenters. The Morgan fingerprint density at radius 1 is 1.20 bits per heavy atom. The van der Waals surface area contributed by atoms with E-state index in [4.69, 9.17) is 4.74 Å². The second-order valence-electron chi connectivity index (χ2n) is 4.11. The zero-order valence-corrected chi connectivity index (χ0v) is 11.3. The van der Waals surface area contributed by atoms with E-state index in [1.807, 2.05) is 19.1 Å². The lowest BCUT2D eigenvalue weighted by Gasteiger charge is -2.04. The molecule has 0 aliphatic heterocycles. The number of nitrogens with one attached hydrogen (secondary N) is 1. The lowest BCUT2D eigenvalue weighted by atomic mass is 10.2. The number of nitrogens with zero attached hydrogens (tertiary/aromatic N) is 2. The highest BCUT2D eigenvalue weighted by Gasteiger charge is 2.05. The number of hydrazone groups is 1. The molecule has 5 nitrogen and oxygen atoms in total. The van der Waals surface area contributed by atoms with Crippen molar-refractivity contribution in [3.8, 4) is 5.75 Å². The largest absolute Gasteiger partial charge is 0.497 e. The quantitative estimate of drug-likeness (QED) is 0.684. The van der Waals surface area contributed by atoms with Gasteiger partial charge in [0.2, 0.25) is 0 Å². The Bertz CT molecular complexity index is 607. The van der Waals surface area contributed by atoms with E-state index >= 15 is 0 Å². The summed E-state index contributed by atoms with van der Waals surface area (Å²) in [6.07, 6.45) is 3.38. The number of benzene rings is 1. The molecule has 1 aromatic heterocycles. The van der Waals surface area contributed by atoms with Gasteiger partial charge in [0.15, 0.2) is 0 Å². The summed E-state index contributed by atoms with van der Waals surface area (Å²) in [7, 11) is 1.58. The summed E-state index contributed by atoms with van der Waals surface area (Å²) >= 11 is 0. The first-order chi connectivity index (χ1) is 9.70. The summed E-state index contributed by atoms with van der Waals surface area (Å²) in [5, 5.41) is 4.06. The van der Waals surface area contributed by atoms with Crippen LogP contribution in [-0.2, 0) is 0 Å². The lowest BCUT2D eigenvalue weighted by molar-refractivity contribution is 0.0955. The molecule has 0 bridgehead atoms. The molecule has 1 N–H and O–H groups in total. The molecule has 0 radical (unpaired) electrons. The Kier molecular flexibility index (Phi) is 4.44. The van der Waals surface area contributed by atoms with Crippen LogP contribution in [-0.4, -0.2) is 23.7 Å². The molecule has 1 aromatic carbocycles. The minimum atomic E-state index is -0.268. The van der Waals surface area contributed by atoms with Gasteiger partial charge in [0.1, 0.15) is 5.75 Å². The number of amides is 1. The van der Waals surface area contributed by atoms with Crippen LogP contribution in [0.1, 0.15) is 22.8 Å². The predicted octanol–water partition coefficient (Wildman–Crippen LogP) is 2.24. The molecular formula is C15H15N3O2. The van der Waals surface area contributed by atoms with Gasteiger partial charge in [-0.2, -0.15) is 5.10 Å². The fourth-order valence-corrected chi connectivity index (χ4v) is 1.58. The summed E-state index contributed by atoms with van der Waals surface area (Å²) < 4.78 is 5.04. The molecule has 2 rings (SSSR count). The van der Waals surface area contributed by atoms with Crippen LogP contribution < -0.4 is 10.2 Å². The van der Waals surface area contributed by atoms with Crippen molar-refractivity contribution in [3.05, 3.63) is 59.9 Å². The van der Waals surface area contributed by atoms with Crippen LogP contribution in [0.3, 0.4) is 0 Å². The maximum Gasteiger partial charge on any atom is 0.271 e. The van der Waals surface area contributed by atoms with Crippen LogP contribution in [0, 0.1) is 0 Å². The lowest BCUT2D eigenvalue weighted by Crippen LogP contribution is -2.19. The van der Waals surface area contributed by atoms with E-state index in [1.165, 1.54) is 0 Å². The number of ether oxygens (including phenoxy) is 1. The van der Waals surface area contributed by atoms with Crippen LogP contribution in [0.2, 0.25) is 0 Å². The van der Waals surface area contributed by atoms with Crippen LogP contribution in [0.5, 0.6) is 5.75 Å². The molecule has 0 saturated carbocycles. The SMILES string of the molecule is COc1ccc(C(=O)N/N=C(\C)c2cccnc2)cc1. The number of pyridine rings is 1. The zero-order chi connectivity index (χ0) is 14.4. The molecule has 2 aromatic rings. The molecule has 0 fully saturated rings. The zero-order valence-electron chi connectivity index (χ0n) is 11.3. The van der Waals surface area contributed by atoms with Crippen LogP contribution in [0.15, 0.2) is 53.9 Å². The normalized spacial score (nSPS) is 11.0. The third-order valence-electron chi connectivity index (χ3n) is 2.76. The van der Waals surface area contributed by atoms with Crippen LogP contribution in [0.25, 0.3) is 0 Å². The van der Waals surface area contributed by atoms with E-state index in [2.05, 4.69) is 15.5 Å². The highest BCUT2D eigenvalue weighted by atomic mass is 16.5. The first-order valence-electron chi connectivity index (χ1n) is 6.10. The molecular weight excluding hydrogens is 254 g/mol. The smallest absolute Gasteiger partial charge is 0.271 e. The molecule has 0 unspecified atom stereocenters. The van der Waals surface area contributed by atoms with Gasteiger partial charge < -0.3 is 4.74 Å². The summed E-state index contributed by atoms with van der Waals surface area (Å²) in [4.78, 5) is 15.9. The van der Waals surface area contributed by atoms with Crippen LogP contribution >= 0.6 is 0 Å². The number of carbonyl (C=O) groups is 1. The fourth-order valence-electron chi connectivity index (χ4n) is 1.58. The van der Waals surface area contributed by atoms with Gasteiger partial charge in [0.25, 0.3) is 5.91 Å². The number of carbonyl (C=O) groups excluding carboxylic acids is 1. The van der Waals surface area contributed by atoms with Gasteiger partial charge in [-0.15, -0.1) is 0 Å². The maximum atomic E-state index is 11.9. The fraction of sp³-hybridized carbons (Fsp3) is 0.133. The second-order valence-corrected chi connectivity index (χ2v) is 4.11. The van der Waals surface area contributed by atoms with E-state index in [0.717, 1.165) is 5.56 Å². The van der Waals surface area contributed by atoms with Gasteiger partial charge in [-0.1, -0.05) is 6.07 Å². The molecule has 5 heteroatoms. The Morgan fingerprint density at radius 3 is 2.55 bits per heavy atom. The van der Waals surface area contributed by atoms with Crippen molar-refractivity contribution in [3.63, 3.8) is 0 Å². The van der Waals surface area contributed by atoms with Gasteiger partial charge in [0, 0.05) is 23.5 Å². The molecule has 0 spiro atoms. The maximum absolute atomic E-state index is 11.9. The number of aromatic nitrogens is 1. The van der Waals surface area contributed by atoms with Crippen molar-refractivity contribution >= 4 is 11.6 Å². The monoisotopic (exact) mass is 269 g/mol. The Labute approximate surface area is 117 Å². The van der Waals surface area contributed by atoms with Crippen molar-refractivity contribution in [2.75, 3.05) is 7.11 Å². The van der Waals surface area contributed by atoms with E-state index in [-0.39, 0.29) is 5.91 Å². The molecule has 20 heavy (non-hydrogen) atoms. The summed E-state index contributed by atoms with van der Waals surface area (Å²) in [5.74, 6) is 0.437. The van der Waals surface area contributed by atoms with Crippen molar-refractivity contribution in [1.82, 2.24) is 10.4 Å². The number of hydrogen-bond acceptors (Lipinski definition) is 4. The Balaban J connectivity index is 2.04. The number of rotatable bonds is 4. The van der Waals surface area contributed by atoms with Crippen molar-refractivity contribution < 1.29 is 9.53 Å². The topological polar surface area (TPSA) is 63.6 Å². The van der Waals surface area contributed by atoms with Crippen molar-refractivity contribution in [1.29, 1.82) is 0 Å². The number of methoxy groups -OCH3 is 1. The molecule has 102 valence electrons. The standard InChI is InChI=1S/C15H15N3O2/c1-11(13-4-3-9-16-10-13)17-18-15(19)12-5-7-14(20-2)8-6-12/h3-10H,1-2H3,(H,18,19)/b17-11+. The van der Waals surface area contributed by atoms with E-state index < -0.39 is 0 Å². The minimum absolute atomic E-state index is 0.268. The van der Waals surface area contributed by atoms with Gasteiger partial charge in [-0.3, -0.25) is 9.78 Å². The van der Waals surface area contributed by atoms with E-state index in [1.54, 1.807) is 43.8 Å². The highest BCUT2D eigenvalue weighted by Crippen LogP contribution is 2.11.